The van der Waals surface area contributed by atoms with Crippen molar-refractivity contribution >= 4 is 11.8 Å². The summed E-state index contributed by atoms with van der Waals surface area (Å²) in [6, 6.07) is 0.614. The maximum Gasteiger partial charge on any atom is 0.333 e. The monoisotopic (exact) mass is 248 g/mol. The van der Waals surface area contributed by atoms with Gasteiger partial charge in [0, 0.05) is 6.07 Å². The Morgan fingerprint density at radius 1 is 1.59 bits per heavy atom. The molecule has 0 spiro atoms. The molecule has 1 heterocycles. The number of rotatable bonds is 4. The van der Waals surface area contributed by atoms with Gasteiger partial charge in [-0.2, -0.15) is 0 Å². The highest BCUT2D eigenvalue weighted by Crippen LogP contribution is 2.29. The topological polar surface area (TPSA) is 113 Å². The lowest BCUT2D eigenvalue weighted by molar-refractivity contribution is -0.391. The van der Waals surface area contributed by atoms with Crippen LogP contribution in [0.2, 0.25) is 0 Å². The lowest BCUT2D eigenvalue weighted by Gasteiger charge is -2.07. The molecule has 0 saturated carbocycles. The minimum Gasteiger partial charge on any atom is -0.481 e. The molecule has 0 aromatic carbocycles. The van der Waals surface area contributed by atoms with E-state index in [2.05, 4.69) is 0 Å². The van der Waals surface area contributed by atoms with Crippen molar-refractivity contribution in [2.45, 2.75) is 12.8 Å². The van der Waals surface area contributed by atoms with Crippen LogP contribution >= 0.6 is 0 Å². The predicted molar refractivity (Wildman–Crippen MR) is 50.0 cm³/mol. The van der Waals surface area contributed by atoms with Gasteiger partial charge in [-0.3, -0.25) is 4.79 Å². The first-order chi connectivity index (χ1) is 7.82. The Morgan fingerprint density at radius 2 is 2.18 bits per heavy atom. The largest absolute Gasteiger partial charge is 0.481 e. The van der Waals surface area contributed by atoms with E-state index in [0.717, 1.165) is 0 Å². The second-order valence-corrected chi connectivity index (χ2v) is 3.05. The number of aliphatic carboxylic acids is 1. The third-order valence-corrected chi connectivity index (χ3v) is 1.89. The molecule has 0 radical (unpaired) electrons. The van der Waals surface area contributed by atoms with Crippen molar-refractivity contribution in [3.05, 3.63) is 37.7 Å². The highest BCUT2D eigenvalue weighted by Gasteiger charge is 2.27. The van der Waals surface area contributed by atoms with Crippen molar-refractivity contribution in [2.24, 2.45) is 0 Å². The van der Waals surface area contributed by atoms with E-state index >= 15 is 0 Å². The Hall–Kier alpha value is -2.32. The van der Waals surface area contributed by atoms with Crippen LogP contribution in [0.15, 0.2) is 10.9 Å². The second-order valence-electron chi connectivity index (χ2n) is 3.05. The van der Waals surface area contributed by atoms with Gasteiger partial charge in [0.2, 0.25) is 0 Å². The van der Waals surface area contributed by atoms with Gasteiger partial charge >= 0.3 is 17.3 Å². The lowest BCUT2D eigenvalue weighted by Crippen LogP contribution is -2.16. The summed E-state index contributed by atoms with van der Waals surface area (Å²) >= 11 is 0. The van der Waals surface area contributed by atoms with Gasteiger partial charge in [0.25, 0.3) is 6.43 Å². The summed E-state index contributed by atoms with van der Waals surface area (Å²) in [5, 5.41) is 18.9. The fraction of sp³-hybridized carbons (Fsp3) is 0.250. The lowest BCUT2D eigenvalue weighted by atomic mass is 10.1. The first-order valence-electron chi connectivity index (χ1n) is 4.23. The predicted octanol–water partition coefficient (Wildman–Crippen LogP) is 0.848. The molecule has 0 fully saturated rings. The molecule has 9 heteroatoms. The maximum absolute atomic E-state index is 12.6. The average molecular weight is 248 g/mol. The number of carbonyl (C=O) groups is 1. The third-order valence-electron chi connectivity index (χ3n) is 1.89. The third kappa shape index (κ3) is 2.83. The van der Waals surface area contributed by atoms with E-state index in [-0.39, 0.29) is 0 Å². The first-order valence-corrected chi connectivity index (χ1v) is 4.23. The van der Waals surface area contributed by atoms with E-state index in [0.29, 0.717) is 6.07 Å². The molecule has 2 N–H and O–H groups in total. The van der Waals surface area contributed by atoms with Crippen LogP contribution in [-0.2, 0) is 11.2 Å². The number of halogens is 2. The van der Waals surface area contributed by atoms with Crippen LogP contribution in [0.25, 0.3) is 0 Å². The fourth-order valence-corrected chi connectivity index (χ4v) is 1.30. The molecule has 0 aliphatic carbocycles. The maximum atomic E-state index is 12.6. The SMILES string of the molecule is O=C(O)Cc1cc(=O)[nH]c([N+](=O)[O-])c1C(F)F. The number of carboxylic acid groups (broad SMARTS) is 1. The number of pyridine rings is 1. The summed E-state index contributed by atoms with van der Waals surface area (Å²) < 4.78 is 25.2. The summed E-state index contributed by atoms with van der Waals surface area (Å²) in [7, 11) is 0. The Morgan fingerprint density at radius 3 is 2.59 bits per heavy atom. The number of alkyl halides is 2. The van der Waals surface area contributed by atoms with Gasteiger partial charge < -0.3 is 15.2 Å². The summed E-state index contributed by atoms with van der Waals surface area (Å²) in [6.07, 6.45) is -4.13. The van der Waals surface area contributed by atoms with Crippen molar-refractivity contribution < 1.29 is 23.6 Å². The van der Waals surface area contributed by atoms with E-state index < -0.39 is 46.2 Å². The number of nitrogens with zero attached hydrogens (tertiary/aromatic N) is 1. The zero-order chi connectivity index (χ0) is 13.2. The molecule has 0 atom stereocenters. The van der Waals surface area contributed by atoms with Crippen LogP contribution in [0.5, 0.6) is 0 Å². The molecule has 0 aliphatic heterocycles. The minimum atomic E-state index is -3.25. The van der Waals surface area contributed by atoms with Crippen LogP contribution in [-0.4, -0.2) is 21.0 Å². The van der Waals surface area contributed by atoms with Crippen molar-refractivity contribution in [3.63, 3.8) is 0 Å². The van der Waals surface area contributed by atoms with Crippen LogP contribution in [0, 0.1) is 10.1 Å². The quantitative estimate of drug-likeness (QED) is 0.605. The molecule has 92 valence electrons. The van der Waals surface area contributed by atoms with Gasteiger partial charge in [-0.1, -0.05) is 0 Å². The highest BCUT2D eigenvalue weighted by molar-refractivity contribution is 5.71. The molecule has 0 saturated heterocycles. The zero-order valence-corrected chi connectivity index (χ0v) is 8.15. The second kappa shape index (κ2) is 4.68. The summed E-state index contributed by atoms with van der Waals surface area (Å²) in [6.45, 7) is 0. The smallest absolute Gasteiger partial charge is 0.333 e. The van der Waals surface area contributed by atoms with Crippen molar-refractivity contribution in [1.82, 2.24) is 4.98 Å². The van der Waals surface area contributed by atoms with E-state index in [9.17, 15) is 28.5 Å². The molecule has 0 aliphatic rings. The van der Waals surface area contributed by atoms with Gasteiger partial charge in [-0.15, -0.1) is 0 Å². The van der Waals surface area contributed by atoms with Crippen molar-refractivity contribution in [1.29, 1.82) is 0 Å². The fourth-order valence-electron chi connectivity index (χ4n) is 1.30. The van der Waals surface area contributed by atoms with E-state index in [4.69, 9.17) is 5.11 Å². The van der Waals surface area contributed by atoms with Crippen LogP contribution in [0.3, 0.4) is 0 Å². The van der Waals surface area contributed by atoms with E-state index in [1.807, 2.05) is 0 Å². The molecule has 1 aromatic rings. The number of nitrogens with one attached hydrogen (secondary N) is 1. The van der Waals surface area contributed by atoms with Crippen LogP contribution in [0.4, 0.5) is 14.6 Å². The Kier molecular flexibility index (Phi) is 3.51. The number of H-pyrrole nitrogens is 1. The number of hydrogen-bond donors (Lipinski definition) is 2. The van der Waals surface area contributed by atoms with Crippen LogP contribution < -0.4 is 5.56 Å². The summed E-state index contributed by atoms with van der Waals surface area (Å²) in [4.78, 5) is 32.3. The molecule has 7 nitrogen and oxygen atoms in total. The molecule has 17 heavy (non-hydrogen) atoms. The first kappa shape index (κ1) is 12.7. The minimum absolute atomic E-state index is 0.567. The summed E-state index contributed by atoms with van der Waals surface area (Å²) in [5.74, 6) is -2.64. The molecule has 0 unspecified atom stereocenters. The molecular formula is C8H6F2N2O5. The number of aromatic amines is 1. The van der Waals surface area contributed by atoms with Gasteiger partial charge in [0.05, 0.1) is 6.42 Å². The summed E-state index contributed by atoms with van der Waals surface area (Å²) in [5.41, 5.74) is -2.64. The highest BCUT2D eigenvalue weighted by atomic mass is 19.3. The van der Waals surface area contributed by atoms with Gasteiger partial charge in [0.1, 0.15) is 5.56 Å². The van der Waals surface area contributed by atoms with Gasteiger partial charge in [0.15, 0.2) is 0 Å². The number of nitro groups is 1. The average Bonchev–Trinajstić information content (AvgIpc) is 2.14. The molecule has 0 bridgehead atoms. The van der Waals surface area contributed by atoms with Gasteiger partial charge in [-0.05, 0) is 10.5 Å². The van der Waals surface area contributed by atoms with Gasteiger partial charge in [-0.25, -0.2) is 18.6 Å². The Labute approximate surface area is 91.8 Å². The zero-order valence-electron chi connectivity index (χ0n) is 8.15. The Bertz CT molecular complexity index is 525. The van der Waals surface area contributed by atoms with Crippen molar-refractivity contribution in [2.75, 3.05) is 0 Å². The number of aromatic nitrogens is 1. The number of hydrogen-bond acceptors (Lipinski definition) is 4. The van der Waals surface area contributed by atoms with E-state index in [1.165, 1.54) is 0 Å². The normalized spacial score (nSPS) is 10.5. The molecular weight excluding hydrogens is 242 g/mol. The van der Waals surface area contributed by atoms with Crippen molar-refractivity contribution in [3.8, 4) is 0 Å². The van der Waals surface area contributed by atoms with E-state index in [1.54, 1.807) is 4.98 Å². The number of carboxylic acids is 1. The molecule has 1 rings (SSSR count). The Balaban J connectivity index is 3.51. The standard InChI is InChI=1S/C8H6F2N2O5/c9-7(10)6-3(2-5(14)15)1-4(13)11-8(6)12(16)17/h1,7H,2H2,(H,11,13)(H,14,15). The van der Waals surface area contributed by atoms with Crippen LogP contribution in [0.1, 0.15) is 17.6 Å². The molecule has 1 aromatic heterocycles. The molecule has 0 amide bonds.